The molecule has 3 amide bonds. The Hall–Kier alpha value is -3.10. The molecule has 1 aliphatic heterocycles. The molecular formula is C27H34ClN3O5. The summed E-state index contributed by atoms with van der Waals surface area (Å²) >= 11 is 6.32. The van der Waals surface area contributed by atoms with Gasteiger partial charge in [-0.05, 0) is 58.2 Å². The van der Waals surface area contributed by atoms with Gasteiger partial charge < -0.3 is 25.7 Å². The highest BCUT2D eigenvalue weighted by atomic mass is 35.5. The average molecular weight is 516 g/mol. The quantitative estimate of drug-likeness (QED) is 0.422. The van der Waals surface area contributed by atoms with E-state index < -0.39 is 40.9 Å². The van der Waals surface area contributed by atoms with Gasteiger partial charge in [-0.1, -0.05) is 36.4 Å². The molecule has 1 fully saturated rings. The zero-order valence-corrected chi connectivity index (χ0v) is 21.7. The number of hydrogen-bond donors (Lipinski definition) is 4. The van der Waals surface area contributed by atoms with Crippen LogP contribution in [-0.4, -0.2) is 68.5 Å². The summed E-state index contributed by atoms with van der Waals surface area (Å²) in [4.78, 5) is 40.8. The largest absolute Gasteiger partial charge is 0.508 e. The van der Waals surface area contributed by atoms with E-state index in [4.69, 9.17) is 11.6 Å². The van der Waals surface area contributed by atoms with Gasteiger partial charge in [0, 0.05) is 23.2 Å². The topological polar surface area (TPSA) is 119 Å². The van der Waals surface area contributed by atoms with Gasteiger partial charge in [-0.3, -0.25) is 14.4 Å². The van der Waals surface area contributed by atoms with Gasteiger partial charge in [0.05, 0.1) is 11.4 Å². The summed E-state index contributed by atoms with van der Waals surface area (Å²) in [7, 11) is 0. The van der Waals surface area contributed by atoms with Gasteiger partial charge in [-0.15, -0.1) is 11.6 Å². The number of benzene rings is 2. The molecular weight excluding hydrogens is 482 g/mol. The first-order valence-electron chi connectivity index (χ1n) is 12.0. The Bertz CT molecular complexity index is 1100. The van der Waals surface area contributed by atoms with Crippen LogP contribution in [0.4, 0.5) is 0 Å². The third-order valence-electron chi connectivity index (χ3n) is 6.13. The van der Waals surface area contributed by atoms with Crippen LogP contribution in [-0.2, 0) is 16.0 Å². The number of nitrogens with one attached hydrogen (secondary N) is 2. The Morgan fingerprint density at radius 3 is 2.42 bits per heavy atom. The molecule has 2 aromatic carbocycles. The van der Waals surface area contributed by atoms with Crippen molar-refractivity contribution in [3.05, 3.63) is 65.2 Å². The van der Waals surface area contributed by atoms with Gasteiger partial charge in [0.2, 0.25) is 5.91 Å². The summed E-state index contributed by atoms with van der Waals surface area (Å²) in [6.45, 7) is 7.24. The number of phenols is 1. The molecule has 4 atom stereocenters. The second-order valence-corrected chi connectivity index (χ2v) is 10.9. The van der Waals surface area contributed by atoms with Crippen molar-refractivity contribution in [2.75, 3.05) is 6.54 Å². The molecule has 36 heavy (non-hydrogen) atoms. The molecule has 3 rings (SSSR count). The first-order valence-corrected chi connectivity index (χ1v) is 12.4. The fraction of sp³-hybridized carbons (Fsp3) is 0.444. The SMILES string of the molecule is Cc1c(O)cccc1C(=O)N[C@@H](Cc1ccccc1)C(O)C(=O)N1C[C@@H](Cl)C[C@H]1C(=O)NC(C)(C)C. The number of aliphatic hydroxyl groups excluding tert-OH is 1. The third kappa shape index (κ3) is 6.77. The number of alkyl halides is 1. The van der Waals surface area contributed by atoms with Gasteiger partial charge in [0.1, 0.15) is 11.8 Å². The molecule has 0 bridgehead atoms. The van der Waals surface area contributed by atoms with Gasteiger partial charge >= 0.3 is 0 Å². The Kier molecular flexibility index (Phi) is 8.63. The van der Waals surface area contributed by atoms with Gasteiger partial charge in [-0.25, -0.2) is 0 Å². The zero-order chi connectivity index (χ0) is 26.6. The highest BCUT2D eigenvalue weighted by Crippen LogP contribution is 2.25. The molecule has 194 valence electrons. The van der Waals surface area contributed by atoms with Crippen LogP contribution >= 0.6 is 11.6 Å². The summed E-state index contributed by atoms with van der Waals surface area (Å²) < 4.78 is 0. The Labute approximate surface area is 216 Å². The third-order valence-corrected chi connectivity index (χ3v) is 6.45. The van der Waals surface area contributed by atoms with Crippen molar-refractivity contribution in [2.45, 2.75) is 69.6 Å². The van der Waals surface area contributed by atoms with E-state index in [1.807, 2.05) is 51.1 Å². The lowest BCUT2D eigenvalue weighted by molar-refractivity contribution is -0.146. The minimum atomic E-state index is -1.63. The standard InChI is InChI=1S/C27H34ClN3O5/c1-16-19(11-8-12-22(16)32)24(34)29-20(13-17-9-6-5-7-10-17)23(33)26(36)31-15-18(28)14-21(31)25(35)30-27(2,3)4/h5-12,18,20-21,23,32-33H,13-15H2,1-4H3,(H,29,34)(H,30,35)/t18-,20-,21-,23?/m0/s1. The number of likely N-dealkylation sites (tertiary alicyclic amines) is 1. The fourth-order valence-electron chi connectivity index (χ4n) is 4.30. The maximum atomic E-state index is 13.5. The van der Waals surface area contributed by atoms with Crippen LogP contribution in [0, 0.1) is 6.92 Å². The predicted molar refractivity (Wildman–Crippen MR) is 138 cm³/mol. The van der Waals surface area contributed by atoms with Crippen LogP contribution in [0.1, 0.15) is 48.7 Å². The minimum absolute atomic E-state index is 0.0307. The van der Waals surface area contributed by atoms with Crippen LogP contribution in [0.3, 0.4) is 0 Å². The summed E-state index contributed by atoms with van der Waals surface area (Å²) in [6, 6.07) is 11.9. The van der Waals surface area contributed by atoms with E-state index in [-0.39, 0.29) is 36.6 Å². The Morgan fingerprint density at radius 1 is 1.11 bits per heavy atom. The monoisotopic (exact) mass is 515 g/mol. The van der Waals surface area contributed by atoms with E-state index in [1.54, 1.807) is 19.1 Å². The van der Waals surface area contributed by atoms with Gasteiger partial charge in [0.25, 0.3) is 11.8 Å². The molecule has 0 saturated carbocycles. The average Bonchev–Trinajstić information content (AvgIpc) is 3.21. The van der Waals surface area contributed by atoms with Crippen molar-refractivity contribution < 1.29 is 24.6 Å². The van der Waals surface area contributed by atoms with E-state index in [2.05, 4.69) is 10.6 Å². The van der Waals surface area contributed by atoms with Crippen LogP contribution in [0.15, 0.2) is 48.5 Å². The number of carbonyl (C=O) groups is 3. The summed E-state index contributed by atoms with van der Waals surface area (Å²) in [5.41, 5.74) is 0.924. The normalized spacial score (nSPS) is 19.4. The molecule has 1 aliphatic rings. The highest BCUT2D eigenvalue weighted by Gasteiger charge is 2.43. The zero-order valence-electron chi connectivity index (χ0n) is 21.0. The van der Waals surface area contributed by atoms with E-state index in [9.17, 15) is 24.6 Å². The number of nitrogens with zero attached hydrogens (tertiary/aromatic N) is 1. The number of rotatable bonds is 7. The van der Waals surface area contributed by atoms with Crippen molar-refractivity contribution in [3.8, 4) is 5.75 Å². The molecule has 0 aromatic heterocycles. The molecule has 2 aromatic rings. The minimum Gasteiger partial charge on any atom is -0.508 e. The number of aliphatic hydroxyl groups is 1. The van der Waals surface area contributed by atoms with Crippen LogP contribution in [0.5, 0.6) is 5.75 Å². The smallest absolute Gasteiger partial charge is 0.254 e. The first kappa shape index (κ1) is 27.5. The van der Waals surface area contributed by atoms with Crippen LogP contribution in [0.2, 0.25) is 0 Å². The fourth-order valence-corrected chi connectivity index (χ4v) is 4.61. The molecule has 4 N–H and O–H groups in total. The van der Waals surface area contributed by atoms with Gasteiger partial charge in [-0.2, -0.15) is 0 Å². The molecule has 1 heterocycles. The maximum Gasteiger partial charge on any atom is 0.254 e. The number of amides is 3. The molecule has 8 nitrogen and oxygen atoms in total. The second-order valence-electron chi connectivity index (χ2n) is 10.2. The van der Waals surface area contributed by atoms with Gasteiger partial charge in [0.15, 0.2) is 6.10 Å². The lowest BCUT2D eigenvalue weighted by Crippen LogP contribution is -2.57. The van der Waals surface area contributed by atoms with E-state index >= 15 is 0 Å². The van der Waals surface area contributed by atoms with E-state index in [1.165, 1.54) is 11.0 Å². The van der Waals surface area contributed by atoms with E-state index in [0.717, 1.165) is 5.56 Å². The lowest BCUT2D eigenvalue weighted by atomic mass is 9.98. The number of carbonyl (C=O) groups excluding carboxylic acids is 3. The van der Waals surface area contributed by atoms with Crippen LogP contribution in [0.25, 0.3) is 0 Å². The Balaban J connectivity index is 1.86. The molecule has 0 spiro atoms. The number of halogens is 1. The molecule has 9 heteroatoms. The number of aromatic hydroxyl groups is 1. The Morgan fingerprint density at radius 2 is 1.78 bits per heavy atom. The predicted octanol–water partition coefficient (Wildman–Crippen LogP) is 2.53. The lowest BCUT2D eigenvalue weighted by Gasteiger charge is -2.32. The summed E-state index contributed by atoms with van der Waals surface area (Å²) in [6.07, 6.45) is -1.19. The van der Waals surface area contributed by atoms with Crippen molar-refractivity contribution in [1.29, 1.82) is 0 Å². The maximum absolute atomic E-state index is 13.5. The number of hydrogen-bond acceptors (Lipinski definition) is 5. The summed E-state index contributed by atoms with van der Waals surface area (Å²) in [5.74, 6) is -1.59. The molecule has 0 radical (unpaired) electrons. The van der Waals surface area contributed by atoms with E-state index in [0.29, 0.717) is 5.56 Å². The first-order chi connectivity index (χ1) is 16.9. The van der Waals surface area contributed by atoms with Crippen molar-refractivity contribution in [1.82, 2.24) is 15.5 Å². The second kappa shape index (κ2) is 11.3. The van der Waals surface area contributed by atoms with Crippen molar-refractivity contribution >= 4 is 29.3 Å². The van der Waals surface area contributed by atoms with Crippen molar-refractivity contribution in [2.24, 2.45) is 0 Å². The van der Waals surface area contributed by atoms with Crippen molar-refractivity contribution in [3.63, 3.8) is 0 Å². The molecule has 0 aliphatic carbocycles. The molecule has 1 unspecified atom stereocenters. The molecule has 1 saturated heterocycles. The highest BCUT2D eigenvalue weighted by molar-refractivity contribution is 6.21. The van der Waals surface area contributed by atoms with Crippen LogP contribution < -0.4 is 10.6 Å². The summed E-state index contributed by atoms with van der Waals surface area (Å²) in [5, 5.41) is 26.4. The number of phenolic OH excluding ortho intramolecular Hbond substituents is 1.